The third-order valence-electron chi connectivity index (χ3n) is 6.34. The van der Waals surface area contributed by atoms with E-state index in [4.69, 9.17) is 18.9 Å². The highest BCUT2D eigenvalue weighted by Gasteiger charge is 2.16. The van der Waals surface area contributed by atoms with Crippen molar-refractivity contribution in [3.63, 3.8) is 0 Å². The van der Waals surface area contributed by atoms with Crippen LogP contribution < -0.4 is 14.2 Å². The third kappa shape index (κ3) is 6.74. The molecule has 204 valence electrons. The number of methoxy groups -OCH3 is 1. The maximum atomic E-state index is 12.2. The fraction of sp³-hybridized carbons (Fsp3) is 0.281. The highest BCUT2D eigenvalue weighted by molar-refractivity contribution is 5.92. The molecule has 0 spiro atoms. The Labute approximate surface area is 229 Å². The van der Waals surface area contributed by atoms with Crippen LogP contribution in [0.1, 0.15) is 48.2 Å². The molecule has 0 unspecified atom stereocenters. The quantitative estimate of drug-likeness (QED) is 0.147. The molecule has 0 bridgehead atoms. The number of para-hydroxylation sites is 1. The molecular formula is C32H35NO6. The van der Waals surface area contributed by atoms with Crippen LogP contribution in [0, 0.1) is 0 Å². The molecule has 3 aromatic carbocycles. The van der Waals surface area contributed by atoms with Crippen LogP contribution in [0.4, 0.5) is 0 Å². The Morgan fingerprint density at radius 1 is 0.846 bits per heavy atom. The second kappa shape index (κ2) is 13.4. The lowest BCUT2D eigenvalue weighted by Crippen LogP contribution is -2.08. The molecule has 1 aromatic heterocycles. The number of benzene rings is 3. The molecule has 7 heteroatoms. The molecule has 0 aliphatic carbocycles. The number of carbonyl (C=O) groups is 1. The summed E-state index contributed by atoms with van der Waals surface area (Å²) in [5, 5.41) is 10.1. The first kappa shape index (κ1) is 27.6. The summed E-state index contributed by atoms with van der Waals surface area (Å²) in [6.07, 6.45) is 5.01. The molecule has 7 nitrogen and oxygen atoms in total. The topological polar surface area (TPSA) is 79.2 Å². The Morgan fingerprint density at radius 3 is 2.31 bits per heavy atom. The van der Waals surface area contributed by atoms with Crippen LogP contribution in [-0.2, 0) is 17.6 Å². The predicted octanol–water partition coefficient (Wildman–Crippen LogP) is 7.12. The van der Waals surface area contributed by atoms with Crippen molar-refractivity contribution in [3.8, 4) is 34.6 Å². The lowest BCUT2D eigenvalue weighted by molar-refractivity contribution is 0.0598. The van der Waals surface area contributed by atoms with E-state index in [2.05, 4.69) is 13.8 Å². The average Bonchev–Trinajstić information content (AvgIpc) is 3.39. The summed E-state index contributed by atoms with van der Waals surface area (Å²) < 4.78 is 25.1. The van der Waals surface area contributed by atoms with Gasteiger partial charge in [-0.05, 0) is 54.8 Å². The summed E-state index contributed by atoms with van der Waals surface area (Å²) in [4.78, 5) is 12.2. The van der Waals surface area contributed by atoms with Crippen LogP contribution in [0.15, 0.2) is 79.0 Å². The Kier molecular flexibility index (Phi) is 9.51. The van der Waals surface area contributed by atoms with Gasteiger partial charge in [0.1, 0.15) is 28.6 Å². The molecule has 0 aliphatic heterocycles. The summed E-state index contributed by atoms with van der Waals surface area (Å²) in [6.45, 7) is 5.15. The Morgan fingerprint density at radius 2 is 1.59 bits per heavy atom. The summed E-state index contributed by atoms with van der Waals surface area (Å²) >= 11 is 0. The fourth-order valence-electron chi connectivity index (χ4n) is 4.36. The number of aromatic nitrogens is 1. The van der Waals surface area contributed by atoms with Gasteiger partial charge in [-0.1, -0.05) is 44.5 Å². The molecule has 0 saturated heterocycles. The van der Waals surface area contributed by atoms with E-state index in [0.717, 1.165) is 47.6 Å². The zero-order valence-electron chi connectivity index (χ0n) is 22.7. The van der Waals surface area contributed by atoms with Gasteiger partial charge in [-0.2, -0.15) is 0 Å². The number of hydrogen-bond donors (Lipinski definition) is 1. The molecule has 0 aliphatic rings. The molecule has 0 atom stereocenters. The normalized spacial score (nSPS) is 10.7. The van der Waals surface area contributed by atoms with Gasteiger partial charge in [0.2, 0.25) is 0 Å². The number of aromatic hydroxyl groups is 1. The van der Waals surface area contributed by atoms with Crippen molar-refractivity contribution in [2.45, 2.75) is 39.5 Å². The molecule has 0 amide bonds. The third-order valence-corrected chi connectivity index (χ3v) is 6.34. The Hall–Kier alpha value is -4.39. The van der Waals surface area contributed by atoms with E-state index >= 15 is 0 Å². The van der Waals surface area contributed by atoms with E-state index in [1.54, 1.807) is 34.9 Å². The van der Waals surface area contributed by atoms with Crippen LogP contribution in [0.25, 0.3) is 5.69 Å². The van der Waals surface area contributed by atoms with Crippen LogP contribution >= 0.6 is 0 Å². The summed E-state index contributed by atoms with van der Waals surface area (Å²) in [7, 11) is 1.35. The minimum atomic E-state index is -0.447. The van der Waals surface area contributed by atoms with Crippen molar-refractivity contribution in [3.05, 3.63) is 95.7 Å². The maximum absolute atomic E-state index is 12.2. The number of hydrogen-bond acceptors (Lipinski definition) is 6. The second-order valence-electron chi connectivity index (χ2n) is 9.01. The van der Waals surface area contributed by atoms with E-state index in [0.29, 0.717) is 36.7 Å². The van der Waals surface area contributed by atoms with Gasteiger partial charge in [0.25, 0.3) is 0 Å². The summed E-state index contributed by atoms with van der Waals surface area (Å²) in [6, 6.07) is 22.1. The van der Waals surface area contributed by atoms with Gasteiger partial charge in [-0.25, -0.2) is 4.79 Å². The zero-order chi connectivity index (χ0) is 27.6. The number of esters is 1. The van der Waals surface area contributed by atoms with Crippen molar-refractivity contribution in [2.75, 3.05) is 20.3 Å². The van der Waals surface area contributed by atoms with Gasteiger partial charge in [-0.15, -0.1) is 0 Å². The van der Waals surface area contributed by atoms with Gasteiger partial charge < -0.3 is 24.1 Å². The molecular weight excluding hydrogens is 494 g/mol. The molecule has 39 heavy (non-hydrogen) atoms. The summed E-state index contributed by atoms with van der Waals surface area (Å²) in [5.74, 6) is 2.38. The van der Waals surface area contributed by atoms with Crippen LogP contribution in [0.3, 0.4) is 0 Å². The Bertz CT molecular complexity index is 1390. The highest BCUT2D eigenvalue weighted by Crippen LogP contribution is 2.35. The first-order chi connectivity index (χ1) is 19.0. The second-order valence-corrected chi connectivity index (χ2v) is 9.01. The fourth-order valence-corrected chi connectivity index (χ4v) is 4.36. The molecule has 1 heterocycles. The van der Waals surface area contributed by atoms with Crippen LogP contribution in [0.2, 0.25) is 0 Å². The molecule has 1 N–H and O–H groups in total. The molecule has 0 fully saturated rings. The largest absolute Gasteiger partial charge is 0.494 e. The maximum Gasteiger partial charge on any atom is 0.341 e. The lowest BCUT2D eigenvalue weighted by atomic mass is 10.1. The van der Waals surface area contributed by atoms with Gasteiger partial charge in [0.05, 0.1) is 26.0 Å². The number of nitrogens with zero attached hydrogens (tertiary/aromatic N) is 1. The minimum Gasteiger partial charge on any atom is -0.494 e. The van der Waals surface area contributed by atoms with E-state index in [9.17, 15) is 9.90 Å². The van der Waals surface area contributed by atoms with Gasteiger partial charge in [0.15, 0.2) is 5.88 Å². The number of ether oxygens (including phenoxy) is 4. The number of carbonyl (C=O) groups excluding carboxylic acids is 1. The Balaban J connectivity index is 1.41. The first-order valence-corrected chi connectivity index (χ1v) is 13.3. The van der Waals surface area contributed by atoms with E-state index in [1.165, 1.54) is 7.11 Å². The van der Waals surface area contributed by atoms with Crippen molar-refractivity contribution in [1.29, 1.82) is 0 Å². The van der Waals surface area contributed by atoms with Gasteiger partial charge in [0, 0.05) is 30.3 Å². The SMILES string of the molecule is CCCc1c(OCCCOc2cc(-n3cccc3O)ccc2CC)cccc1Oc1ccccc1C(=O)OC. The smallest absolute Gasteiger partial charge is 0.341 e. The van der Waals surface area contributed by atoms with Crippen LogP contribution in [-0.4, -0.2) is 36.0 Å². The van der Waals surface area contributed by atoms with E-state index in [-0.39, 0.29) is 5.88 Å². The monoisotopic (exact) mass is 529 g/mol. The highest BCUT2D eigenvalue weighted by atomic mass is 16.5. The van der Waals surface area contributed by atoms with E-state index in [1.807, 2.05) is 48.7 Å². The van der Waals surface area contributed by atoms with Gasteiger partial charge >= 0.3 is 5.97 Å². The minimum absolute atomic E-state index is 0.182. The lowest BCUT2D eigenvalue weighted by Gasteiger charge is -2.17. The predicted molar refractivity (Wildman–Crippen MR) is 151 cm³/mol. The van der Waals surface area contributed by atoms with E-state index < -0.39 is 5.97 Å². The molecule has 4 rings (SSSR count). The molecule has 0 saturated carbocycles. The van der Waals surface area contributed by atoms with Gasteiger partial charge in [-0.3, -0.25) is 4.57 Å². The average molecular weight is 530 g/mol. The zero-order valence-corrected chi connectivity index (χ0v) is 22.7. The molecule has 0 radical (unpaired) electrons. The van der Waals surface area contributed by atoms with Crippen molar-refractivity contribution in [2.24, 2.45) is 0 Å². The number of rotatable bonds is 13. The van der Waals surface area contributed by atoms with Crippen molar-refractivity contribution in [1.82, 2.24) is 4.57 Å². The number of aryl methyl sites for hydroxylation is 1. The molecule has 4 aromatic rings. The summed E-state index contributed by atoms with van der Waals surface area (Å²) in [5.41, 5.74) is 3.27. The first-order valence-electron chi connectivity index (χ1n) is 13.3. The van der Waals surface area contributed by atoms with Crippen molar-refractivity contribution >= 4 is 5.97 Å². The van der Waals surface area contributed by atoms with Crippen LogP contribution in [0.5, 0.6) is 28.9 Å². The van der Waals surface area contributed by atoms with Crippen molar-refractivity contribution < 1.29 is 28.8 Å². The standard InChI is InChI=1S/C32H35NO6/c1-4-11-25-27(14-8-15-28(25)39-29-13-7-6-12-26(29)32(35)36-3)37-20-10-21-38-30-22-24(18-17-23(30)5-2)33-19-9-16-31(33)34/h6-9,12-19,22,34H,4-5,10-11,20-21H2,1-3H3.